The highest BCUT2D eigenvalue weighted by Gasteiger charge is 2.40. The minimum Gasteiger partial charge on any atom is -0.423 e. The average molecular weight is 636 g/mol. The van der Waals surface area contributed by atoms with Gasteiger partial charge in [0.15, 0.2) is 0 Å². The third kappa shape index (κ3) is 8.18. The molecule has 5 rings (SSSR count). The summed E-state index contributed by atoms with van der Waals surface area (Å²) in [6.07, 6.45) is 13.6. The van der Waals surface area contributed by atoms with E-state index in [0.717, 1.165) is 59.3 Å². The van der Waals surface area contributed by atoms with Gasteiger partial charge in [-0.1, -0.05) is 69.7 Å². The van der Waals surface area contributed by atoms with Crippen molar-refractivity contribution in [3.8, 4) is 5.75 Å². The van der Waals surface area contributed by atoms with Crippen LogP contribution in [0.25, 0.3) is 6.08 Å². The average Bonchev–Trinajstić information content (AvgIpc) is 3.38. The zero-order valence-electron chi connectivity index (χ0n) is 26.8. The van der Waals surface area contributed by atoms with Crippen molar-refractivity contribution >= 4 is 29.5 Å². The van der Waals surface area contributed by atoms with E-state index >= 15 is 0 Å². The molecular formula is C38H44F3NO4. The fraction of sp³-hybridized carbons (Fsp3) is 0.500. The number of hydrogen-bond acceptors (Lipinski definition) is 4. The number of benzene rings is 2. The van der Waals surface area contributed by atoms with E-state index in [1.165, 1.54) is 89.3 Å². The zero-order valence-corrected chi connectivity index (χ0v) is 26.8. The number of esters is 1. The van der Waals surface area contributed by atoms with E-state index in [-0.39, 0.29) is 17.0 Å². The molecule has 1 aliphatic heterocycles. The predicted octanol–water partition coefficient (Wildman–Crippen LogP) is 9.64. The number of aryl methyl sites for hydroxylation is 1. The van der Waals surface area contributed by atoms with Gasteiger partial charge in [-0.2, -0.15) is 13.2 Å². The lowest BCUT2D eigenvalue weighted by molar-refractivity contribution is -0.142. The number of unbranched alkanes of at least 4 members (excludes halogenated alkanes) is 2. The first-order valence-corrected chi connectivity index (χ1v) is 16.8. The fourth-order valence-electron chi connectivity index (χ4n) is 7.54. The van der Waals surface area contributed by atoms with Crippen LogP contribution in [-0.4, -0.2) is 24.0 Å². The van der Waals surface area contributed by atoms with Crippen LogP contribution in [0.5, 0.6) is 5.75 Å². The minimum atomic E-state index is -4.93. The van der Waals surface area contributed by atoms with Crippen molar-refractivity contribution in [2.75, 3.05) is 4.90 Å². The van der Waals surface area contributed by atoms with Crippen LogP contribution >= 0.6 is 0 Å². The molecule has 3 aliphatic rings. The Hall–Kier alpha value is -3.68. The van der Waals surface area contributed by atoms with Crippen molar-refractivity contribution in [2.45, 2.75) is 103 Å². The van der Waals surface area contributed by atoms with Gasteiger partial charge in [-0.15, -0.1) is 0 Å². The Morgan fingerprint density at radius 3 is 2.04 bits per heavy atom. The molecule has 246 valence electrons. The van der Waals surface area contributed by atoms with Crippen molar-refractivity contribution in [1.82, 2.24) is 0 Å². The van der Waals surface area contributed by atoms with Crippen LogP contribution < -0.4 is 9.64 Å². The van der Waals surface area contributed by atoms with Crippen molar-refractivity contribution in [3.63, 3.8) is 0 Å². The molecule has 0 atom stereocenters. The Bertz CT molecular complexity index is 1440. The van der Waals surface area contributed by atoms with Gasteiger partial charge in [0.1, 0.15) is 11.3 Å². The van der Waals surface area contributed by atoms with Gasteiger partial charge in [-0.25, -0.2) is 9.69 Å². The SMILES string of the molecule is CCCCCC1CCC(C2CCC(c3ccc(/C=C(/C(=O)Oc4ccc(N5C(=O)C=CC5=O)cc4C)C(F)(F)F)cc3)CC2)CC1. The van der Waals surface area contributed by atoms with Gasteiger partial charge < -0.3 is 4.74 Å². The summed E-state index contributed by atoms with van der Waals surface area (Å²) in [5.41, 5.74) is 0.514. The topological polar surface area (TPSA) is 63.7 Å². The number of rotatable bonds is 10. The number of amides is 2. The van der Waals surface area contributed by atoms with Gasteiger partial charge in [-0.05, 0) is 110 Å². The molecule has 0 spiro atoms. The lowest BCUT2D eigenvalue weighted by Gasteiger charge is -2.38. The number of carbonyl (C=O) groups excluding carboxylic acids is 3. The minimum absolute atomic E-state index is 0.0954. The lowest BCUT2D eigenvalue weighted by Crippen LogP contribution is -2.29. The largest absolute Gasteiger partial charge is 0.423 e. The number of halogens is 3. The molecule has 5 nitrogen and oxygen atoms in total. The monoisotopic (exact) mass is 635 g/mol. The molecule has 0 aromatic heterocycles. The van der Waals surface area contributed by atoms with Crippen LogP contribution in [0.3, 0.4) is 0 Å². The normalized spacial score (nSPS) is 24.0. The maximum Gasteiger partial charge on any atom is 0.423 e. The Morgan fingerprint density at radius 1 is 0.870 bits per heavy atom. The van der Waals surface area contributed by atoms with Gasteiger partial charge in [0.05, 0.1) is 5.69 Å². The van der Waals surface area contributed by atoms with Gasteiger partial charge in [-0.3, -0.25) is 9.59 Å². The standard InChI is InChI=1S/C38H44F3NO4/c1-3-4-5-6-26-7-11-28(12-8-26)30-15-17-31(18-16-30)29-13-9-27(10-14-29)24-33(38(39,40)41)37(45)46-34-20-19-32(23-25(34)2)42-35(43)21-22-36(42)44/h9-10,13-14,19-24,26,28,30-31H,3-8,11-12,15-18H2,1-2H3/b33-24-. The maximum atomic E-state index is 14.0. The van der Waals surface area contributed by atoms with Crippen LogP contribution in [0.15, 0.2) is 60.2 Å². The second kappa shape index (κ2) is 14.8. The Labute approximate surface area is 269 Å². The van der Waals surface area contributed by atoms with E-state index in [1.807, 2.05) is 12.1 Å². The third-order valence-electron chi connectivity index (χ3n) is 10.2. The molecule has 2 amide bonds. The molecule has 2 fully saturated rings. The summed E-state index contributed by atoms with van der Waals surface area (Å²) < 4.78 is 47.2. The number of carbonyl (C=O) groups is 3. The van der Waals surface area contributed by atoms with Crippen LogP contribution in [-0.2, 0) is 14.4 Å². The van der Waals surface area contributed by atoms with E-state index in [4.69, 9.17) is 4.74 Å². The maximum absolute atomic E-state index is 14.0. The number of anilines is 1. The fourth-order valence-corrected chi connectivity index (χ4v) is 7.54. The van der Waals surface area contributed by atoms with Gasteiger partial charge in [0, 0.05) is 12.2 Å². The van der Waals surface area contributed by atoms with Gasteiger partial charge >= 0.3 is 12.1 Å². The zero-order chi connectivity index (χ0) is 32.8. The van der Waals surface area contributed by atoms with Crippen LogP contribution in [0.2, 0.25) is 0 Å². The number of ether oxygens (including phenoxy) is 1. The second-order valence-corrected chi connectivity index (χ2v) is 13.3. The first-order valence-electron chi connectivity index (χ1n) is 16.8. The molecule has 2 aliphatic carbocycles. The molecule has 2 aromatic rings. The first-order chi connectivity index (χ1) is 22.0. The number of alkyl halides is 3. The summed E-state index contributed by atoms with van der Waals surface area (Å²) in [7, 11) is 0. The molecular weight excluding hydrogens is 591 g/mol. The summed E-state index contributed by atoms with van der Waals surface area (Å²) in [6.45, 7) is 3.78. The van der Waals surface area contributed by atoms with E-state index in [2.05, 4.69) is 6.92 Å². The van der Waals surface area contributed by atoms with Crippen LogP contribution in [0.4, 0.5) is 18.9 Å². The highest BCUT2D eigenvalue weighted by atomic mass is 19.4. The molecule has 1 heterocycles. The summed E-state index contributed by atoms with van der Waals surface area (Å²) >= 11 is 0. The third-order valence-corrected chi connectivity index (χ3v) is 10.2. The van der Waals surface area contributed by atoms with E-state index in [9.17, 15) is 27.6 Å². The molecule has 0 saturated heterocycles. The summed E-state index contributed by atoms with van der Waals surface area (Å²) in [5, 5.41) is 0. The van der Waals surface area contributed by atoms with Gasteiger partial charge in [0.2, 0.25) is 0 Å². The molecule has 0 radical (unpaired) electrons. The van der Waals surface area contributed by atoms with E-state index in [0.29, 0.717) is 11.5 Å². The van der Waals surface area contributed by atoms with Crippen LogP contribution in [0, 0.1) is 24.7 Å². The molecule has 0 bridgehead atoms. The molecule has 0 N–H and O–H groups in total. The number of nitrogens with zero attached hydrogens (tertiary/aromatic N) is 1. The summed E-state index contributed by atoms with van der Waals surface area (Å²) in [6, 6.07) is 11.1. The second-order valence-electron chi connectivity index (χ2n) is 13.3. The lowest BCUT2D eigenvalue weighted by atomic mass is 9.68. The number of hydrogen-bond donors (Lipinski definition) is 0. The van der Waals surface area contributed by atoms with E-state index in [1.54, 1.807) is 12.1 Å². The van der Waals surface area contributed by atoms with Crippen molar-refractivity contribution in [2.24, 2.45) is 17.8 Å². The van der Waals surface area contributed by atoms with Crippen molar-refractivity contribution in [3.05, 3.63) is 76.9 Å². The van der Waals surface area contributed by atoms with E-state index < -0.39 is 29.5 Å². The molecule has 46 heavy (non-hydrogen) atoms. The highest BCUT2D eigenvalue weighted by Crippen LogP contribution is 2.44. The summed E-state index contributed by atoms with van der Waals surface area (Å²) in [4.78, 5) is 37.6. The summed E-state index contributed by atoms with van der Waals surface area (Å²) in [5.74, 6) is 0.269. The Morgan fingerprint density at radius 2 is 1.48 bits per heavy atom. The quantitative estimate of drug-likeness (QED) is 0.0858. The molecule has 0 unspecified atom stereocenters. The smallest absolute Gasteiger partial charge is 0.423 e. The highest BCUT2D eigenvalue weighted by molar-refractivity contribution is 6.28. The van der Waals surface area contributed by atoms with Gasteiger partial charge in [0.25, 0.3) is 11.8 Å². The Balaban J connectivity index is 1.17. The van der Waals surface area contributed by atoms with Crippen molar-refractivity contribution < 1.29 is 32.3 Å². The molecule has 8 heteroatoms. The predicted molar refractivity (Wildman–Crippen MR) is 173 cm³/mol. The molecule has 2 aromatic carbocycles. The van der Waals surface area contributed by atoms with Crippen LogP contribution in [0.1, 0.15) is 107 Å². The number of imide groups is 1. The molecule has 2 saturated carbocycles. The van der Waals surface area contributed by atoms with Crippen molar-refractivity contribution in [1.29, 1.82) is 0 Å². The Kier molecular flexibility index (Phi) is 10.9. The first kappa shape index (κ1) is 33.7.